The lowest BCUT2D eigenvalue weighted by atomic mass is 9.96. The van der Waals surface area contributed by atoms with Gasteiger partial charge in [-0.25, -0.2) is 0 Å². The van der Waals surface area contributed by atoms with Gasteiger partial charge in [0.2, 0.25) is 0 Å². The van der Waals surface area contributed by atoms with Gasteiger partial charge in [-0.1, -0.05) is 6.07 Å². The highest BCUT2D eigenvalue weighted by atomic mass is 35.5. The van der Waals surface area contributed by atoms with Crippen LogP contribution < -0.4 is 0 Å². The third-order valence-electron chi connectivity index (χ3n) is 2.90. The zero-order chi connectivity index (χ0) is 10.3. The van der Waals surface area contributed by atoms with Crippen LogP contribution in [0.5, 0.6) is 0 Å². The number of halogens is 1. The Hall–Kier alpha value is -0.990. The molecule has 3 rings (SSSR count). The largest absolute Gasteiger partial charge is 0.381 e. The van der Waals surface area contributed by atoms with E-state index >= 15 is 0 Å². The van der Waals surface area contributed by atoms with Gasteiger partial charge in [-0.3, -0.25) is 0 Å². The second kappa shape index (κ2) is 3.54. The minimum Gasteiger partial charge on any atom is -0.381 e. The average molecular weight is 221 g/mol. The van der Waals surface area contributed by atoms with Crippen molar-refractivity contribution in [3.63, 3.8) is 0 Å². The molecule has 1 atom stereocenters. The van der Waals surface area contributed by atoms with Crippen molar-refractivity contribution >= 4 is 22.5 Å². The van der Waals surface area contributed by atoms with Crippen LogP contribution in [0.1, 0.15) is 10.9 Å². The quantitative estimate of drug-likeness (QED) is 0.774. The van der Waals surface area contributed by atoms with Crippen LogP contribution in [0, 0.1) is 12.0 Å². The van der Waals surface area contributed by atoms with E-state index in [1.165, 1.54) is 0 Å². The van der Waals surface area contributed by atoms with Crippen LogP contribution >= 0.6 is 11.6 Å². The summed E-state index contributed by atoms with van der Waals surface area (Å²) in [5.74, 6) is 0.461. The smallest absolute Gasteiger partial charge is 0.0657 e. The highest BCUT2D eigenvalue weighted by Gasteiger charge is 2.27. The van der Waals surface area contributed by atoms with Crippen LogP contribution in [-0.4, -0.2) is 18.2 Å². The predicted molar refractivity (Wildman–Crippen MR) is 60.0 cm³/mol. The van der Waals surface area contributed by atoms with Crippen molar-refractivity contribution < 1.29 is 4.74 Å². The second-order valence-corrected chi connectivity index (χ2v) is 4.41. The number of alkyl halides is 1. The summed E-state index contributed by atoms with van der Waals surface area (Å²) >= 11 is 6.37. The fraction of sp³-hybridized carbons (Fsp3) is 0.333. The lowest BCUT2D eigenvalue weighted by molar-refractivity contribution is -0.0337. The Morgan fingerprint density at radius 2 is 2.33 bits per heavy atom. The zero-order valence-electron chi connectivity index (χ0n) is 8.16. The first kappa shape index (κ1) is 9.25. The number of ether oxygens (including phenoxy) is 1. The van der Waals surface area contributed by atoms with Gasteiger partial charge >= 0.3 is 0 Å². The molecule has 77 valence electrons. The van der Waals surface area contributed by atoms with E-state index in [4.69, 9.17) is 16.3 Å². The Kier molecular flexibility index (Phi) is 2.19. The third-order valence-corrected chi connectivity index (χ3v) is 3.50. The Bertz CT molecular complexity index is 475. The zero-order valence-corrected chi connectivity index (χ0v) is 8.92. The molecule has 1 saturated heterocycles. The van der Waals surface area contributed by atoms with E-state index in [1.807, 2.05) is 6.20 Å². The Morgan fingerprint density at radius 1 is 1.47 bits per heavy atom. The summed E-state index contributed by atoms with van der Waals surface area (Å²) in [6.45, 7) is 1.56. The lowest BCUT2D eigenvalue weighted by Gasteiger charge is -2.30. The number of fused-ring (bicyclic) bond motifs is 1. The first-order chi connectivity index (χ1) is 7.34. The van der Waals surface area contributed by atoms with E-state index in [0.717, 1.165) is 29.7 Å². The fourth-order valence-corrected chi connectivity index (χ4v) is 2.15. The van der Waals surface area contributed by atoms with Crippen LogP contribution in [0.3, 0.4) is 0 Å². The normalized spacial score (nSPS) is 19.0. The molecule has 2 aromatic rings. The molecule has 1 radical (unpaired) electrons. The number of rotatable bonds is 2. The van der Waals surface area contributed by atoms with Gasteiger partial charge < -0.3 is 9.72 Å². The summed E-state index contributed by atoms with van der Waals surface area (Å²) in [6, 6.07) is 9.37. The van der Waals surface area contributed by atoms with Gasteiger partial charge in [-0.2, -0.15) is 0 Å². The molecule has 0 spiro atoms. The highest BCUT2D eigenvalue weighted by Crippen LogP contribution is 2.34. The third kappa shape index (κ3) is 1.54. The molecular formula is C12H11ClNO. The number of hydrogen-bond acceptors (Lipinski definition) is 1. The molecule has 3 heteroatoms. The summed E-state index contributed by atoms with van der Waals surface area (Å²) in [5.41, 5.74) is 2.26. The number of hydrogen-bond donors (Lipinski definition) is 1. The minimum absolute atomic E-state index is 0.0615. The van der Waals surface area contributed by atoms with Gasteiger partial charge in [-0.05, 0) is 17.7 Å². The van der Waals surface area contributed by atoms with Crippen LogP contribution in [0.2, 0.25) is 0 Å². The Balaban J connectivity index is 1.95. The summed E-state index contributed by atoms with van der Waals surface area (Å²) in [5, 5.41) is 1.16. The molecule has 2 heterocycles. The molecule has 1 aliphatic rings. The molecule has 0 amide bonds. The summed E-state index contributed by atoms with van der Waals surface area (Å²) < 4.78 is 5.15. The lowest BCUT2D eigenvalue weighted by Crippen LogP contribution is -2.30. The topological polar surface area (TPSA) is 25.0 Å². The number of aromatic nitrogens is 1. The standard InChI is InChI=1S/C12H11ClNO/c13-12(10-6-15-7-10)9-1-2-11-8(5-9)3-4-14-11/h1-2,4-5,10,12,14H,6-7H2. The van der Waals surface area contributed by atoms with E-state index in [2.05, 4.69) is 29.2 Å². The number of H-pyrrole nitrogens is 1. The SMILES string of the molecule is ClC(c1ccc2[nH]c[c]c2c1)C1COC1. The van der Waals surface area contributed by atoms with E-state index in [1.54, 1.807) is 0 Å². The molecule has 1 fully saturated rings. The van der Waals surface area contributed by atoms with Crippen LogP contribution in [-0.2, 0) is 4.74 Å². The molecule has 0 aliphatic carbocycles. The first-order valence-corrected chi connectivity index (χ1v) is 5.49. The Labute approximate surface area is 93.2 Å². The monoisotopic (exact) mass is 220 g/mol. The van der Waals surface area contributed by atoms with Crippen molar-refractivity contribution in [2.75, 3.05) is 13.2 Å². The molecule has 0 bridgehead atoms. The fourth-order valence-electron chi connectivity index (χ4n) is 1.87. The van der Waals surface area contributed by atoms with Gasteiger partial charge in [-0.15, -0.1) is 11.6 Å². The second-order valence-electron chi connectivity index (χ2n) is 3.94. The molecule has 1 aliphatic heterocycles. The summed E-state index contributed by atoms with van der Waals surface area (Å²) in [7, 11) is 0. The van der Waals surface area contributed by atoms with E-state index < -0.39 is 0 Å². The predicted octanol–water partition coefficient (Wildman–Crippen LogP) is 2.89. The maximum atomic E-state index is 6.37. The van der Waals surface area contributed by atoms with Crippen LogP contribution in [0.15, 0.2) is 24.4 Å². The molecule has 1 unspecified atom stereocenters. The van der Waals surface area contributed by atoms with Crippen molar-refractivity contribution in [3.8, 4) is 0 Å². The number of aromatic amines is 1. The average Bonchev–Trinajstić information content (AvgIpc) is 2.61. The maximum Gasteiger partial charge on any atom is 0.0657 e. The molecule has 1 aromatic carbocycles. The Morgan fingerprint density at radius 3 is 3.07 bits per heavy atom. The maximum absolute atomic E-state index is 6.37. The van der Waals surface area contributed by atoms with Crippen molar-refractivity contribution in [1.82, 2.24) is 4.98 Å². The van der Waals surface area contributed by atoms with Gasteiger partial charge in [0.05, 0.1) is 18.6 Å². The van der Waals surface area contributed by atoms with E-state index in [9.17, 15) is 0 Å². The minimum atomic E-state index is 0.0615. The van der Waals surface area contributed by atoms with E-state index in [0.29, 0.717) is 5.92 Å². The first-order valence-electron chi connectivity index (χ1n) is 5.05. The van der Waals surface area contributed by atoms with E-state index in [-0.39, 0.29) is 5.38 Å². The van der Waals surface area contributed by atoms with Gasteiger partial charge in [0.15, 0.2) is 0 Å². The van der Waals surface area contributed by atoms with Gasteiger partial charge in [0.25, 0.3) is 0 Å². The van der Waals surface area contributed by atoms with Gasteiger partial charge in [0, 0.05) is 29.1 Å². The highest BCUT2D eigenvalue weighted by molar-refractivity contribution is 6.21. The summed E-state index contributed by atoms with van der Waals surface area (Å²) in [4.78, 5) is 3.12. The van der Waals surface area contributed by atoms with Crippen molar-refractivity contribution in [1.29, 1.82) is 0 Å². The van der Waals surface area contributed by atoms with Crippen molar-refractivity contribution in [2.24, 2.45) is 5.92 Å². The number of benzene rings is 1. The molecule has 15 heavy (non-hydrogen) atoms. The summed E-state index contributed by atoms with van der Waals surface area (Å²) in [6.07, 6.45) is 1.82. The molecule has 1 N–H and O–H groups in total. The van der Waals surface area contributed by atoms with Crippen molar-refractivity contribution in [3.05, 3.63) is 36.0 Å². The molecular weight excluding hydrogens is 210 g/mol. The number of nitrogens with one attached hydrogen (secondary N) is 1. The molecule has 2 nitrogen and oxygen atoms in total. The van der Waals surface area contributed by atoms with Crippen molar-refractivity contribution in [2.45, 2.75) is 5.38 Å². The van der Waals surface area contributed by atoms with Gasteiger partial charge in [0.1, 0.15) is 0 Å². The van der Waals surface area contributed by atoms with Crippen LogP contribution in [0.4, 0.5) is 0 Å². The van der Waals surface area contributed by atoms with Crippen LogP contribution in [0.25, 0.3) is 10.9 Å². The molecule has 0 saturated carbocycles. The molecule has 1 aromatic heterocycles.